The number of ether oxygens (including phenoxy) is 2. The van der Waals surface area contributed by atoms with E-state index < -0.39 is 0 Å². The first-order valence-corrected chi connectivity index (χ1v) is 9.27. The third kappa shape index (κ3) is 4.78. The Kier molecular flexibility index (Phi) is 6.04. The minimum atomic E-state index is 0.229. The van der Waals surface area contributed by atoms with Crippen LogP contribution in [0.1, 0.15) is 0 Å². The van der Waals surface area contributed by atoms with Gasteiger partial charge in [-0.05, 0) is 24.3 Å². The van der Waals surface area contributed by atoms with Crippen LogP contribution in [0.3, 0.4) is 0 Å². The van der Waals surface area contributed by atoms with Crippen molar-refractivity contribution >= 4 is 69.4 Å². The molecular formula is C18H11Cl5N2O2. The number of nitrogens with two attached hydrogens (primary N) is 2. The largest absolute Gasteiger partial charge is 0.455 e. The fraction of sp³-hybridized carbons (Fsp3) is 0. The molecule has 0 fully saturated rings. The van der Waals surface area contributed by atoms with E-state index in [1.807, 2.05) is 0 Å². The van der Waals surface area contributed by atoms with Crippen LogP contribution >= 0.6 is 58.0 Å². The van der Waals surface area contributed by atoms with Crippen LogP contribution in [-0.2, 0) is 0 Å². The highest BCUT2D eigenvalue weighted by Gasteiger charge is 2.13. The molecule has 0 aromatic heterocycles. The first kappa shape index (κ1) is 20.1. The van der Waals surface area contributed by atoms with Crippen LogP contribution in [0.4, 0.5) is 11.4 Å². The van der Waals surface area contributed by atoms with Gasteiger partial charge >= 0.3 is 0 Å². The number of hydrogen-bond donors (Lipinski definition) is 2. The summed E-state index contributed by atoms with van der Waals surface area (Å²) in [6, 6.07) is 10.9. The van der Waals surface area contributed by atoms with Crippen molar-refractivity contribution in [2.75, 3.05) is 11.5 Å². The summed E-state index contributed by atoms with van der Waals surface area (Å²) in [5.41, 5.74) is 12.2. The average molecular weight is 465 g/mol. The van der Waals surface area contributed by atoms with Gasteiger partial charge in [-0.3, -0.25) is 0 Å². The van der Waals surface area contributed by atoms with E-state index in [1.54, 1.807) is 18.2 Å². The summed E-state index contributed by atoms with van der Waals surface area (Å²) in [6.07, 6.45) is 0. The number of rotatable bonds is 4. The van der Waals surface area contributed by atoms with Crippen LogP contribution in [0.15, 0.2) is 42.5 Å². The van der Waals surface area contributed by atoms with Gasteiger partial charge in [0, 0.05) is 33.3 Å². The van der Waals surface area contributed by atoms with Crippen LogP contribution in [0, 0.1) is 0 Å². The van der Waals surface area contributed by atoms with Gasteiger partial charge in [-0.25, -0.2) is 0 Å². The Bertz CT molecular complexity index is 949. The monoisotopic (exact) mass is 462 g/mol. The molecule has 0 spiro atoms. The van der Waals surface area contributed by atoms with E-state index in [-0.39, 0.29) is 21.5 Å². The quantitative estimate of drug-likeness (QED) is 0.388. The van der Waals surface area contributed by atoms with Gasteiger partial charge in [0.15, 0.2) is 0 Å². The molecule has 0 unspecified atom stereocenters. The molecule has 0 radical (unpaired) electrons. The molecule has 0 heterocycles. The maximum atomic E-state index is 6.16. The number of anilines is 2. The summed E-state index contributed by atoms with van der Waals surface area (Å²) in [7, 11) is 0. The Labute approximate surface area is 180 Å². The van der Waals surface area contributed by atoms with Gasteiger partial charge in [0.1, 0.15) is 33.0 Å². The first-order chi connectivity index (χ1) is 12.7. The van der Waals surface area contributed by atoms with Crippen molar-refractivity contribution < 1.29 is 9.47 Å². The van der Waals surface area contributed by atoms with Crippen LogP contribution in [0.5, 0.6) is 23.0 Å². The molecule has 0 saturated carbocycles. The zero-order chi connectivity index (χ0) is 19.7. The minimum absolute atomic E-state index is 0.229. The summed E-state index contributed by atoms with van der Waals surface area (Å²) in [5, 5.41) is 1.58. The molecule has 0 aliphatic rings. The lowest BCUT2D eigenvalue weighted by atomic mass is 10.2. The Morgan fingerprint density at radius 1 is 0.519 bits per heavy atom. The molecule has 0 saturated heterocycles. The summed E-state index contributed by atoms with van der Waals surface area (Å²) in [6.45, 7) is 0. The van der Waals surface area contributed by atoms with Gasteiger partial charge in [0.2, 0.25) is 0 Å². The van der Waals surface area contributed by atoms with Gasteiger partial charge in [-0.1, -0.05) is 58.0 Å². The van der Waals surface area contributed by atoms with E-state index in [0.717, 1.165) is 0 Å². The molecule has 0 atom stereocenters. The zero-order valence-corrected chi connectivity index (χ0v) is 17.2. The molecule has 0 aliphatic carbocycles. The molecule has 3 rings (SSSR count). The Morgan fingerprint density at radius 3 is 1.30 bits per heavy atom. The topological polar surface area (TPSA) is 70.5 Å². The van der Waals surface area contributed by atoms with Gasteiger partial charge in [-0.15, -0.1) is 0 Å². The second-order valence-electron chi connectivity index (χ2n) is 5.44. The summed E-state index contributed by atoms with van der Waals surface area (Å²) in [5.74, 6) is 1.26. The Morgan fingerprint density at radius 2 is 0.889 bits per heavy atom. The Hall–Kier alpha value is -1.69. The normalized spacial score (nSPS) is 10.7. The fourth-order valence-corrected chi connectivity index (χ4v) is 3.17. The van der Waals surface area contributed by atoms with Crippen molar-refractivity contribution in [2.24, 2.45) is 0 Å². The standard InChI is InChI=1S/C18H11Cl5N2O2/c19-8-1-11(26-15-5-9(20)3-13(24)17(15)22)7-12(2-8)27-16-6-10(21)4-14(25)18(16)23/h1-7H,24-25H2. The van der Waals surface area contributed by atoms with E-state index in [1.165, 1.54) is 24.3 Å². The minimum Gasteiger partial charge on any atom is -0.455 e. The van der Waals surface area contributed by atoms with Crippen LogP contribution in [0.2, 0.25) is 25.1 Å². The van der Waals surface area contributed by atoms with Gasteiger partial charge in [0.05, 0.1) is 11.4 Å². The molecule has 0 aliphatic heterocycles. The van der Waals surface area contributed by atoms with Crippen molar-refractivity contribution in [3.63, 3.8) is 0 Å². The Balaban J connectivity index is 1.94. The molecule has 4 nitrogen and oxygen atoms in total. The van der Waals surface area contributed by atoms with Gasteiger partial charge in [-0.2, -0.15) is 0 Å². The predicted molar refractivity (Wildman–Crippen MR) is 113 cm³/mol. The maximum absolute atomic E-state index is 6.16. The smallest absolute Gasteiger partial charge is 0.149 e. The van der Waals surface area contributed by atoms with Crippen molar-refractivity contribution in [1.82, 2.24) is 0 Å². The highest BCUT2D eigenvalue weighted by molar-refractivity contribution is 6.37. The van der Waals surface area contributed by atoms with Crippen LogP contribution < -0.4 is 20.9 Å². The summed E-state index contributed by atoms with van der Waals surface area (Å²) in [4.78, 5) is 0. The third-order valence-corrected chi connectivity index (χ3v) is 4.83. The molecule has 3 aromatic carbocycles. The molecule has 27 heavy (non-hydrogen) atoms. The predicted octanol–water partition coefficient (Wildman–Crippen LogP) is 7.70. The number of nitrogen functional groups attached to an aromatic ring is 2. The maximum Gasteiger partial charge on any atom is 0.149 e. The molecular weight excluding hydrogens is 453 g/mol. The number of hydrogen-bond acceptors (Lipinski definition) is 4. The highest BCUT2D eigenvalue weighted by atomic mass is 35.5. The fourth-order valence-electron chi connectivity index (χ4n) is 2.23. The molecule has 140 valence electrons. The van der Waals surface area contributed by atoms with Gasteiger partial charge in [0.25, 0.3) is 0 Å². The third-order valence-electron chi connectivity index (χ3n) is 3.36. The van der Waals surface area contributed by atoms with E-state index in [9.17, 15) is 0 Å². The molecule has 0 amide bonds. The summed E-state index contributed by atoms with van der Waals surface area (Å²) < 4.78 is 11.5. The molecule has 3 aromatic rings. The number of benzene rings is 3. The number of halogens is 5. The lowest BCUT2D eigenvalue weighted by molar-refractivity contribution is 0.461. The molecule has 9 heteroatoms. The first-order valence-electron chi connectivity index (χ1n) is 7.38. The lowest BCUT2D eigenvalue weighted by Gasteiger charge is -2.13. The van der Waals surface area contributed by atoms with Crippen molar-refractivity contribution in [2.45, 2.75) is 0 Å². The highest BCUT2D eigenvalue weighted by Crippen LogP contribution is 2.41. The molecule has 0 bridgehead atoms. The average Bonchev–Trinajstić information content (AvgIpc) is 2.56. The van der Waals surface area contributed by atoms with E-state index >= 15 is 0 Å². The van der Waals surface area contributed by atoms with Crippen LogP contribution in [0.25, 0.3) is 0 Å². The molecule has 4 N–H and O–H groups in total. The SMILES string of the molecule is Nc1cc(Cl)cc(Oc2cc(Cl)cc(Oc3cc(Cl)cc(N)c3Cl)c2)c1Cl. The van der Waals surface area contributed by atoms with Crippen LogP contribution in [-0.4, -0.2) is 0 Å². The summed E-state index contributed by atoms with van der Waals surface area (Å²) >= 11 is 30.5. The van der Waals surface area contributed by atoms with Crippen molar-refractivity contribution in [3.8, 4) is 23.0 Å². The lowest BCUT2D eigenvalue weighted by Crippen LogP contribution is -1.93. The van der Waals surface area contributed by atoms with E-state index in [2.05, 4.69) is 0 Å². The van der Waals surface area contributed by atoms with E-state index in [0.29, 0.717) is 37.9 Å². The second-order valence-corrected chi connectivity index (χ2v) is 7.51. The van der Waals surface area contributed by atoms with Crippen molar-refractivity contribution in [1.29, 1.82) is 0 Å². The van der Waals surface area contributed by atoms with E-state index in [4.69, 9.17) is 78.9 Å². The zero-order valence-electron chi connectivity index (χ0n) is 13.4. The van der Waals surface area contributed by atoms with Crippen molar-refractivity contribution in [3.05, 3.63) is 67.6 Å². The second kappa shape index (κ2) is 8.13. The van der Waals surface area contributed by atoms with Gasteiger partial charge < -0.3 is 20.9 Å².